The van der Waals surface area contributed by atoms with Crippen LogP contribution in [-0.2, 0) is 11.3 Å². The van der Waals surface area contributed by atoms with Gasteiger partial charge in [0.15, 0.2) is 11.0 Å². The number of halogens is 3. The standard InChI is InChI=1S/C27H30BrCl2N5O2S/c1-6-11-35-25(24(16(4)5)32-26(37)19-9-8-18(29)13-21(19)30)33-34-27(35)38-14-23(36)31-22-10-7-17(28)12-20(22)15(2)3/h6-10,12-13,15-16,24H,1,11,14H2,2-5H3,(H,31,36)(H,32,37)/t24-/m1/s1. The van der Waals surface area contributed by atoms with Crippen molar-refractivity contribution in [3.05, 3.63) is 80.5 Å². The zero-order chi connectivity index (χ0) is 28.0. The van der Waals surface area contributed by atoms with Crippen LogP contribution in [0.5, 0.6) is 0 Å². The Bertz CT molecular complexity index is 1330. The Morgan fingerprint density at radius 3 is 2.50 bits per heavy atom. The summed E-state index contributed by atoms with van der Waals surface area (Å²) in [7, 11) is 0. The first-order valence-corrected chi connectivity index (χ1v) is 14.6. The van der Waals surface area contributed by atoms with Crippen molar-refractivity contribution in [1.29, 1.82) is 0 Å². The molecule has 7 nitrogen and oxygen atoms in total. The van der Waals surface area contributed by atoms with Gasteiger partial charge in [-0.3, -0.25) is 9.59 Å². The fraction of sp³-hybridized carbons (Fsp3) is 0.333. The zero-order valence-corrected chi connectivity index (χ0v) is 25.5. The fourth-order valence-electron chi connectivity index (χ4n) is 3.80. The minimum atomic E-state index is -0.457. The Balaban J connectivity index is 1.78. The molecule has 0 aliphatic carbocycles. The van der Waals surface area contributed by atoms with Crippen LogP contribution in [0.2, 0.25) is 10.0 Å². The third-order valence-electron chi connectivity index (χ3n) is 5.71. The summed E-state index contributed by atoms with van der Waals surface area (Å²) < 4.78 is 2.82. The van der Waals surface area contributed by atoms with Crippen molar-refractivity contribution < 1.29 is 9.59 Å². The number of amides is 2. The van der Waals surface area contributed by atoms with E-state index in [9.17, 15) is 9.59 Å². The summed E-state index contributed by atoms with van der Waals surface area (Å²) in [6.07, 6.45) is 1.73. The fourth-order valence-corrected chi connectivity index (χ4v) is 5.43. The summed E-state index contributed by atoms with van der Waals surface area (Å²) in [6, 6.07) is 10.1. The highest BCUT2D eigenvalue weighted by Crippen LogP contribution is 2.29. The molecule has 2 N–H and O–H groups in total. The molecule has 0 bridgehead atoms. The first kappa shape index (κ1) is 30.2. The van der Waals surface area contributed by atoms with Gasteiger partial charge in [-0.15, -0.1) is 16.8 Å². The van der Waals surface area contributed by atoms with E-state index in [4.69, 9.17) is 23.2 Å². The second-order valence-electron chi connectivity index (χ2n) is 9.28. The average molecular weight is 639 g/mol. The Morgan fingerprint density at radius 1 is 1.13 bits per heavy atom. The molecule has 0 fully saturated rings. The lowest BCUT2D eigenvalue weighted by Gasteiger charge is -2.23. The first-order valence-electron chi connectivity index (χ1n) is 12.0. The molecule has 202 valence electrons. The van der Waals surface area contributed by atoms with Crippen molar-refractivity contribution in [3.8, 4) is 0 Å². The van der Waals surface area contributed by atoms with E-state index in [1.165, 1.54) is 17.8 Å². The molecule has 0 aliphatic heterocycles. The maximum atomic E-state index is 13.0. The van der Waals surface area contributed by atoms with E-state index in [2.05, 4.69) is 57.2 Å². The van der Waals surface area contributed by atoms with Crippen LogP contribution in [0.3, 0.4) is 0 Å². The van der Waals surface area contributed by atoms with Gasteiger partial charge < -0.3 is 15.2 Å². The maximum absolute atomic E-state index is 13.0. The smallest absolute Gasteiger partial charge is 0.253 e. The Morgan fingerprint density at radius 2 is 1.87 bits per heavy atom. The van der Waals surface area contributed by atoms with Crippen LogP contribution in [0.25, 0.3) is 0 Å². The second-order valence-corrected chi connectivity index (χ2v) is 12.0. The van der Waals surface area contributed by atoms with Crippen LogP contribution in [0, 0.1) is 5.92 Å². The number of thioether (sulfide) groups is 1. The van der Waals surface area contributed by atoms with Crippen LogP contribution in [-0.4, -0.2) is 32.3 Å². The summed E-state index contributed by atoms with van der Waals surface area (Å²) in [5.41, 5.74) is 2.15. The van der Waals surface area contributed by atoms with Gasteiger partial charge in [0.25, 0.3) is 5.91 Å². The molecular weight excluding hydrogens is 609 g/mol. The number of allylic oxidation sites excluding steroid dienone is 1. The van der Waals surface area contributed by atoms with E-state index in [0.717, 1.165) is 15.7 Å². The molecule has 38 heavy (non-hydrogen) atoms. The third-order valence-corrected chi connectivity index (χ3v) is 7.71. The number of nitrogens with zero attached hydrogens (tertiary/aromatic N) is 3. The zero-order valence-electron chi connectivity index (χ0n) is 21.6. The minimum absolute atomic E-state index is 0.00852. The number of carbonyl (C=O) groups is 2. The van der Waals surface area contributed by atoms with Gasteiger partial charge in [-0.25, -0.2) is 0 Å². The van der Waals surface area contributed by atoms with Crippen molar-refractivity contribution in [3.63, 3.8) is 0 Å². The number of hydrogen-bond acceptors (Lipinski definition) is 5. The van der Waals surface area contributed by atoms with Crippen molar-refractivity contribution >= 4 is 68.4 Å². The molecule has 11 heteroatoms. The van der Waals surface area contributed by atoms with Gasteiger partial charge in [0, 0.05) is 21.7 Å². The number of aromatic nitrogens is 3. The molecule has 3 rings (SSSR count). The molecule has 1 aromatic heterocycles. The van der Waals surface area contributed by atoms with Crippen molar-refractivity contribution in [2.75, 3.05) is 11.1 Å². The van der Waals surface area contributed by atoms with Gasteiger partial charge in [-0.1, -0.05) is 84.7 Å². The minimum Gasteiger partial charge on any atom is -0.342 e. The summed E-state index contributed by atoms with van der Waals surface area (Å²) in [5, 5.41) is 16.0. The summed E-state index contributed by atoms with van der Waals surface area (Å²) in [4.78, 5) is 25.9. The summed E-state index contributed by atoms with van der Waals surface area (Å²) >= 11 is 17.0. The van der Waals surface area contributed by atoms with Gasteiger partial charge in [0.2, 0.25) is 5.91 Å². The van der Waals surface area contributed by atoms with E-state index in [-0.39, 0.29) is 34.4 Å². The number of nitrogens with one attached hydrogen (secondary N) is 2. The molecular formula is C27H30BrCl2N5O2S. The van der Waals surface area contributed by atoms with Crippen molar-refractivity contribution in [2.24, 2.45) is 5.92 Å². The maximum Gasteiger partial charge on any atom is 0.253 e. The number of benzene rings is 2. The SMILES string of the molecule is C=CCn1c(SCC(=O)Nc2ccc(Br)cc2C(C)C)nnc1[C@H](NC(=O)c1ccc(Cl)cc1Cl)C(C)C. The summed E-state index contributed by atoms with van der Waals surface area (Å²) in [6.45, 7) is 12.4. The second kappa shape index (κ2) is 13.6. The van der Waals surface area contributed by atoms with E-state index < -0.39 is 6.04 Å². The molecule has 1 heterocycles. The lowest BCUT2D eigenvalue weighted by Crippen LogP contribution is -2.34. The molecule has 2 aromatic carbocycles. The number of anilines is 1. The van der Waals surface area contributed by atoms with Gasteiger partial charge in [0.05, 0.1) is 22.4 Å². The number of carbonyl (C=O) groups excluding carboxylic acids is 2. The highest BCUT2D eigenvalue weighted by molar-refractivity contribution is 9.10. The van der Waals surface area contributed by atoms with Crippen LogP contribution < -0.4 is 10.6 Å². The van der Waals surface area contributed by atoms with Crippen molar-refractivity contribution in [2.45, 2.75) is 51.4 Å². The van der Waals surface area contributed by atoms with E-state index in [1.54, 1.807) is 18.2 Å². The lowest BCUT2D eigenvalue weighted by molar-refractivity contribution is -0.113. The predicted octanol–water partition coefficient (Wildman–Crippen LogP) is 7.51. The van der Waals surface area contributed by atoms with Crippen LogP contribution in [0.15, 0.2) is 58.7 Å². The topological polar surface area (TPSA) is 88.9 Å². The molecule has 3 aromatic rings. The lowest BCUT2D eigenvalue weighted by atomic mass is 10.0. The van der Waals surface area contributed by atoms with Crippen molar-refractivity contribution in [1.82, 2.24) is 20.1 Å². The monoisotopic (exact) mass is 637 g/mol. The molecule has 0 saturated heterocycles. The molecule has 0 saturated carbocycles. The molecule has 0 radical (unpaired) electrons. The molecule has 0 aliphatic rings. The average Bonchev–Trinajstić information content (AvgIpc) is 3.24. The van der Waals surface area contributed by atoms with Gasteiger partial charge in [-0.2, -0.15) is 0 Å². The quantitative estimate of drug-likeness (QED) is 0.168. The molecule has 1 atom stereocenters. The van der Waals surface area contributed by atoms with E-state index in [0.29, 0.717) is 28.1 Å². The van der Waals surface area contributed by atoms with Crippen LogP contribution in [0.1, 0.15) is 61.4 Å². The normalized spacial score (nSPS) is 12.0. The van der Waals surface area contributed by atoms with E-state index >= 15 is 0 Å². The first-order chi connectivity index (χ1) is 18.0. The largest absolute Gasteiger partial charge is 0.342 e. The van der Waals surface area contributed by atoms with Gasteiger partial charge in [-0.05, 0) is 53.8 Å². The Labute approximate surface area is 245 Å². The van der Waals surface area contributed by atoms with E-state index in [1.807, 2.05) is 36.6 Å². The molecule has 2 amide bonds. The molecule has 0 unspecified atom stereocenters. The van der Waals surface area contributed by atoms with Gasteiger partial charge in [0.1, 0.15) is 0 Å². The highest BCUT2D eigenvalue weighted by atomic mass is 79.9. The van der Waals surface area contributed by atoms with Gasteiger partial charge >= 0.3 is 0 Å². The Hall–Kier alpha value is -2.33. The van der Waals surface area contributed by atoms with Crippen LogP contribution in [0.4, 0.5) is 5.69 Å². The predicted molar refractivity (Wildman–Crippen MR) is 159 cm³/mol. The molecule has 0 spiro atoms. The number of rotatable bonds is 11. The third kappa shape index (κ3) is 7.62. The summed E-state index contributed by atoms with van der Waals surface area (Å²) in [5.74, 6) is 0.450. The van der Waals surface area contributed by atoms with Crippen LogP contribution >= 0.6 is 50.9 Å². The highest BCUT2D eigenvalue weighted by Gasteiger charge is 2.27. The Kier molecular flexibility index (Phi) is 10.8. The number of hydrogen-bond donors (Lipinski definition) is 2.